The second-order valence-electron chi connectivity index (χ2n) is 4.39. The Morgan fingerprint density at radius 2 is 1.87 bits per heavy atom. The highest BCUT2D eigenvalue weighted by atomic mass is 32.2. The molecule has 0 spiro atoms. The van der Waals surface area contributed by atoms with E-state index in [4.69, 9.17) is 0 Å². The second-order valence-corrected chi connectivity index (χ2v) is 5.91. The smallest absolute Gasteiger partial charge is 0.0946 e. The van der Waals surface area contributed by atoms with Gasteiger partial charge in [0, 0.05) is 11.8 Å². The largest absolute Gasteiger partial charge is 0.748 e. The zero-order valence-electron chi connectivity index (χ0n) is 9.31. The Hall–Kier alpha value is -0.130. The third-order valence-electron chi connectivity index (χ3n) is 3.10. The first-order valence-corrected chi connectivity index (χ1v) is 7.20. The van der Waals surface area contributed by atoms with Crippen LogP contribution in [-0.2, 0) is 10.1 Å². The summed E-state index contributed by atoms with van der Waals surface area (Å²) >= 11 is 0. The van der Waals surface area contributed by atoms with Crippen LogP contribution in [0.5, 0.6) is 0 Å². The minimum atomic E-state index is -4.03. The van der Waals surface area contributed by atoms with E-state index < -0.39 is 10.1 Å². The van der Waals surface area contributed by atoms with Crippen LogP contribution in [0.25, 0.3) is 0 Å². The fourth-order valence-electron chi connectivity index (χ4n) is 2.20. The first kappa shape index (κ1) is 12.9. The topological polar surface area (TPSA) is 60.4 Å². The summed E-state index contributed by atoms with van der Waals surface area (Å²) in [6, 6.07) is 0.591. The van der Waals surface area contributed by atoms with Gasteiger partial charge < -0.3 is 9.45 Å². The molecule has 15 heavy (non-hydrogen) atoms. The van der Waals surface area contributed by atoms with Crippen LogP contribution in [0.4, 0.5) is 0 Å². The van der Waals surface area contributed by atoms with Crippen LogP contribution in [0.2, 0.25) is 0 Å². The van der Waals surface area contributed by atoms with E-state index in [0.29, 0.717) is 19.0 Å². The van der Waals surface area contributed by atoms with Gasteiger partial charge in [-0.1, -0.05) is 19.3 Å². The molecule has 0 unspecified atom stereocenters. The molecule has 1 fully saturated rings. The van der Waals surface area contributed by atoms with Crippen molar-refractivity contribution in [2.75, 3.05) is 19.3 Å². The van der Waals surface area contributed by atoms with Crippen LogP contribution in [0.15, 0.2) is 0 Å². The molecule has 1 rings (SSSR count). The van der Waals surface area contributed by atoms with Crippen LogP contribution in [0.3, 0.4) is 0 Å². The van der Waals surface area contributed by atoms with Gasteiger partial charge in [0.1, 0.15) is 0 Å². The molecule has 4 nitrogen and oxygen atoms in total. The van der Waals surface area contributed by atoms with E-state index in [0.717, 1.165) is 0 Å². The normalized spacial score (nSPS) is 19.7. The molecule has 90 valence electrons. The summed E-state index contributed by atoms with van der Waals surface area (Å²) in [6.07, 6.45) is 6.74. The molecule has 0 radical (unpaired) electrons. The van der Waals surface area contributed by atoms with Gasteiger partial charge in [0.05, 0.1) is 10.1 Å². The number of rotatable bonds is 5. The highest BCUT2D eigenvalue weighted by Crippen LogP contribution is 2.21. The zero-order chi connectivity index (χ0) is 11.3. The highest BCUT2D eigenvalue weighted by molar-refractivity contribution is 7.85. The number of nitrogens with zero attached hydrogens (tertiary/aromatic N) is 1. The molecule has 0 aromatic carbocycles. The van der Waals surface area contributed by atoms with Gasteiger partial charge in [0.2, 0.25) is 0 Å². The van der Waals surface area contributed by atoms with Crippen LogP contribution in [0.1, 0.15) is 38.5 Å². The summed E-state index contributed by atoms with van der Waals surface area (Å²) in [5.41, 5.74) is 0. The maximum absolute atomic E-state index is 10.4. The van der Waals surface area contributed by atoms with Gasteiger partial charge in [-0.05, 0) is 32.9 Å². The Balaban J connectivity index is 2.20. The Morgan fingerprint density at radius 3 is 2.40 bits per heavy atom. The Kier molecular flexibility index (Phi) is 5.02. The van der Waals surface area contributed by atoms with Gasteiger partial charge in [-0.3, -0.25) is 0 Å². The minimum absolute atomic E-state index is 0.232. The van der Waals surface area contributed by atoms with Gasteiger partial charge >= 0.3 is 0 Å². The number of hydrogen-bond acceptors (Lipinski definition) is 4. The van der Waals surface area contributed by atoms with E-state index in [1.807, 2.05) is 7.05 Å². The van der Waals surface area contributed by atoms with Gasteiger partial charge in [-0.2, -0.15) is 0 Å². The average molecular weight is 234 g/mol. The summed E-state index contributed by atoms with van der Waals surface area (Å²) in [5.74, 6) is -0.232. The van der Waals surface area contributed by atoms with Crippen molar-refractivity contribution in [2.45, 2.75) is 44.6 Å². The van der Waals surface area contributed by atoms with E-state index in [-0.39, 0.29) is 5.75 Å². The van der Waals surface area contributed by atoms with Crippen molar-refractivity contribution in [3.63, 3.8) is 0 Å². The monoisotopic (exact) mass is 234 g/mol. The van der Waals surface area contributed by atoms with E-state index in [2.05, 4.69) is 4.90 Å². The lowest BCUT2D eigenvalue weighted by Crippen LogP contribution is -2.34. The van der Waals surface area contributed by atoms with Crippen molar-refractivity contribution >= 4 is 10.1 Å². The molecule has 0 bridgehead atoms. The summed E-state index contributed by atoms with van der Waals surface area (Å²) in [6.45, 7) is 0.714. The lowest BCUT2D eigenvalue weighted by molar-refractivity contribution is 0.192. The van der Waals surface area contributed by atoms with Crippen LogP contribution in [-0.4, -0.2) is 43.3 Å². The first-order valence-electron chi connectivity index (χ1n) is 5.63. The summed E-state index contributed by atoms with van der Waals surface area (Å²) in [5, 5.41) is 0. The lowest BCUT2D eigenvalue weighted by Gasteiger charge is -2.31. The molecule has 0 aromatic rings. The molecule has 0 N–H and O–H groups in total. The van der Waals surface area contributed by atoms with Gasteiger partial charge in [-0.15, -0.1) is 0 Å². The molecule has 1 aliphatic carbocycles. The molecule has 5 heteroatoms. The van der Waals surface area contributed by atoms with Gasteiger partial charge in [-0.25, -0.2) is 8.42 Å². The van der Waals surface area contributed by atoms with Crippen molar-refractivity contribution < 1.29 is 13.0 Å². The molecular formula is C10H20NO3S-. The Bertz CT molecular complexity index is 270. The SMILES string of the molecule is CN(CCCS(=O)(=O)[O-])C1CCCCC1. The predicted octanol–water partition coefficient (Wildman–Crippen LogP) is 1.19. The highest BCUT2D eigenvalue weighted by Gasteiger charge is 2.17. The fourth-order valence-corrected chi connectivity index (χ4v) is 2.68. The van der Waals surface area contributed by atoms with E-state index in [9.17, 15) is 13.0 Å². The van der Waals surface area contributed by atoms with Crippen LogP contribution >= 0.6 is 0 Å². The molecule has 0 aliphatic heterocycles. The predicted molar refractivity (Wildman–Crippen MR) is 58.7 cm³/mol. The third-order valence-corrected chi connectivity index (χ3v) is 3.89. The maximum atomic E-state index is 10.4. The standard InChI is InChI=1S/C10H21NO3S/c1-11(8-5-9-15(12,13)14)10-6-3-2-4-7-10/h10H,2-9H2,1H3,(H,12,13,14)/p-1. The minimum Gasteiger partial charge on any atom is -0.748 e. The Morgan fingerprint density at radius 1 is 1.27 bits per heavy atom. The van der Waals surface area contributed by atoms with E-state index in [1.165, 1.54) is 32.1 Å². The first-order chi connectivity index (χ1) is 6.99. The maximum Gasteiger partial charge on any atom is 0.0946 e. The quantitative estimate of drug-likeness (QED) is 0.670. The molecule has 1 aliphatic rings. The average Bonchev–Trinajstić information content (AvgIpc) is 2.17. The van der Waals surface area contributed by atoms with Crippen molar-refractivity contribution in [3.8, 4) is 0 Å². The third kappa shape index (κ3) is 5.49. The molecule has 0 aromatic heterocycles. The summed E-state index contributed by atoms with van der Waals surface area (Å²) in [7, 11) is -2.01. The molecular weight excluding hydrogens is 214 g/mol. The van der Waals surface area contributed by atoms with E-state index in [1.54, 1.807) is 0 Å². The molecule has 0 saturated heterocycles. The van der Waals surface area contributed by atoms with Crippen molar-refractivity contribution in [3.05, 3.63) is 0 Å². The summed E-state index contributed by atoms with van der Waals surface area (Å²) < 4.78 is 31.2. The lowest BCUT2D eigenvalue weighted by atomic mass is 9.94. The molecule has 1 saturated carbocycles. The van der Waals surface area contributed by atoms with Crippen molar-refractivity contribution in [1.29, 1.82) is 0 Å². The summed E-state index contributed by atoms with van der Waals surface area (Å²) in [4.78, 5) is 2.20. The zero-order valence-corrected chi connectivity index (χ0v) is 10.1. The van der Waals surface area contributed by atoms with Crippen molar-refractivity contribution in [1.82, 2.24) is 4.90 Å². The molecule has 0 heterocycles. The van der Waals surface area contributed by atoms with Crippen LogP contribution in [0, 0.1) is 0 Å². The Labute approximate surface area is 92.4 Å². The van der Waals surface area contributed by atoms with Gasteiger partial charge in [0.25, 0.3) is 0 Å². The second kappa shape index (κ2) is 5.82. The van der Waals surface area contributed by atoms with Gasteiger partial charge in [0.15, 0.2) is 0 Å². The van der Waals surface area contributed by atoms with Crippen LogP contribution < -0.4 is 0 Å². The van der Waals surface area contributed by atoms with Crippen molar-refractivity contribution in [2.24, 2.45) is 0 Å². The van der Waals surface area contributed by atoms with E-state index >= 15 is 0 Å². The fraction of sp³-hybridized carbons (Fsp3) is 1.00. The molecule has 0 atom stereocenters. The molecule has 0 amide bonds. The number of hydrogen-bond donors (Lipinski definition) is 0.